The first-order valence-electron chi connectivity index (χ1n) is 7.05. The second-order valence-corrected chi connectivity index (χ2v) is 7.08. The highest BCUT2D eigenvalue weighted by molar-refractivity contribution is 7.85. The van der Waals surface area contributed by atoms with Crippen LogP contribution in [-0.4, -0.2) is 36.3 Å². The molecule has 1 aliphatic heterocycles. The maximum atomic E-state index is 12.2. The van der Waals surface area contributed by atoms with E-state index in [4.69, 9.17) is 5.11 Å². The highest BCUT2D eigenvalue weighted by Crippen LogP contribution is 2.24. The lowest BCUT2D eigenvalue weighted by molar-refractivity contribution is -0.136. The van der Waals surface area contributed by atoms with Crippen molar-refractivity contribution >= 4 is 16.8 Å². The van der Waals surface area contributed by atoms with E-state index < -0.39 is 16.8 Å². The van der Waals surface area contributed by atoms with Gasteiger partial charge in [0.05, 0.1) is 0 Å². The normalized spacial score (nSPS) is 22.2. The van der Waals surface area contributed by atoms with Crippen LogP contribution in [0.1, 0.15) is 42.3 Å². The number of aromatic nitrogens is 2. The molecule has 1 aliphatic rings. The predicted octanol–water partition coefficient (Wildman–Crippen LogP) is 0.961. The van der Waals surface area contributed by atoms with Gasteiger partial charge in [0.1, 0.15) is 0 Å². The van der Waals surface area contributed by atoms with Crippen molar-refractivity contribution in [1.29, 1.82) is 0 Å². The van der Waals surface area contributed by atoms with Gasteiger partial charge in [-0.2, -0.15) is 4.98 Å². The van der Waals surface area contributed by atoms with Gasteiger partial charge in [-0.25, -0.2) is 4.79 Å². The fourth-order valence-electron chi connectivity index (χ4n) is 2.88. The van der Waals surface area contributed by atoms with Crippen molar-refractivity contribution in [2.75, 3.05) is 11.5 Å². The molecule has 0 aromatic carbocycles. The number of hydrogen-bond donors (Lipinski definition) is 1. The first kappa shape index (κ1) is 15.9. The zero-order valence-corrected chi connectivity index (χ0v) is 13.1. The van der Waals surface area contributed by atoms with Gasteiger partial charge in [-0.05, 0) is 38.7 Å². The van der Waals surface area contributed by atoms with E-state index in [2.05, 4.69) is 4.98 Å². The van der Waals surface area contributed by atoms with Gasteiger partial charge in [0.15, 0.2) is 0 Å². The van der Waals surface area contributed by atoms with Crippen LogP contribution in [0, 0.1) is 13.8 Å². The van der Waals surface area contributed by atoms with Gasteiger partial charge in [0.2, 0.25) is 0 Å². The standard InChI is InChI=1S/C14H20N2O4S/c1-9-12(3-4-13(17)18)10(2)16(14(19)15-9)11-5-7-21(20)8-6-11/h11H,3-8H2,1-2H3,(H,17,18). The van der Waals surface area contributed by atoms with E-state index in [1.54, 1.807) is 11.5 Å². The van der Waals surface area contributed by atoms with Gasteiger partial charge >= 0.3 is 11.7 Å². The molecule has 1 fully saturated rings. The number of carbonyl (C=O) groups is 1. The Balaban J connectivity index is 2.36. The van der Waals surface area contributed by atoms with E-state index in [1.165, 1.54) is 0 Å². The van der Waals surface area contributed by atoms with Gasteiger partial charge in [-0.1, -0.05) is 0 Å². The lowest BCUT2D eigenvalue weighted by Crippen LogP contribution is -2.34. The van der Waals surface area contributed by atoms with Crippen LogP contribution in [0.2, 0.25) is 0 Å². The zero-order valence-electron chi connectivity index (χ0n) is 12.3. The Hall–Kier alpha value is -1.50. The van der Waals surface area contributed by atoms with Crippen LogP contribution in [-0.2, 0) is 22.0 Å². The molecule has 1 saturated heterocycles. The fraction of sp³-hybridized carbons (Fsp3) is 0.643. The quantitative estimate of drug-likeness (QED) is 0.894. The van der Waals surface area contributed by atoms with Crippen molar-refractivity contribution in [2.45, 2.75) is 45.6 Å². The number of rotatable bonds is 4. The summed E-state index contributed by atoms with van der Waals surface area (Å²) in [7, 11) is -0.781. The lowest BCUT2D eigenvalue weighted by Gasteiger charge is -2.26. The molecule has 0 spiro atoms. The Morgan fingerprint density at radius 2 is 2.00 bits per heavy atom. The zero-order chi connectivity index (χ0) is 15.6. The molecule has 6 nitrogen and oxygen atoms in total. The van der Waals surface area contributed by atoms with Crippen LogP contribution in [0.15, 0.2) is 4.79 Å². The highest BCUT2D eigenvalue weighted by Gasteiger charge is 2.23. The largest absolute Gasteiger partial charge is 0.481 e. The van der Waals surface area contributed by atoms with E-state index in [-0.39, 0.29) is 18.2 Å². The SMILES string of the molecule is Cc1nc(=O)n(C2CCS(=O)CC2)c(C)c1CCC(=O)O. The molecule has 7 heteroatoms. The second-order valence-electron chi connectivity index (χ2n) is 5.39. The Morgan fingerprint density at radius 3 is 2.57 bits per heavy atom. The van der Waals surface area contributed by atoms with Crippen LogP contribution >= 0.6 is 0 Å². The molecule has 1 aromatic heterocycles. The van der Waals surface area contributed by atoms with E-state index >= 15 is 0 Å². The predicted molar refractivity (Wildman–Crippen MR) is 80.1 cm³/mol. The molecule has 0 bridgehead atoms. The van der Waals surface area contributed by atoms with Crippen LogP contribution in [0.25, 0.3) is 0 Å². The van der Waals surface area contributed by atoms with Crippen LogP contribution in [0.4, 0.5) is 0 Å². The molecule has 1 aromatic rings. The molecule has 0 atom stereocenters. The molecule has 2 rings (SSSR count). The Labute approximate surface area is 125 Å². The third-order valence-electron chi connectivity index (χ3n) is 4.02. The molecule has 0 aliphatic carbocycles. The highest BCUT2D eigenvalue weighted by atomic mass is 32.2. The summed E-state index contributed by atoms with van der Waals surface area (Å²) in [6.07, 6.45) is 1.81. The summed E-state index contributed by atoms with van der Waals surface area (Å²) >= 11 is 0. The monoisotopic (exact) mass is 312 g/mol. The molecule has 0 unspecified atom stereocenters. The average molecular weight is 312 g/mol. The van der Waals surface area contributed by atoms with E-state index in [0.717, 1.165) is 11.3 Å². The van der Waals surface area contributed by atoms with Crippen LogP contribution in [0.5, 0.6) is 0 Å². The Kier molecular flexibility index (Phi) is 4.92. The molecule has 0 amide bonds. The third kappa shape index (κ3) is 3.58. The molecule has 0 saturated carbocycles. The summed E-state index contributed by atoms with van der Waals surface area (Å²) < 4.78 is 13.1. The fourth-order valence-corrected chi connectivity index (χ4v) is 4.15. The van der Waals surface area contributed by atoms with Crippen molar-refractivity contribution in [1.82, 2.24) is 9.55 Å². The van der Waals surface area contributed by atoms with Crippen molar-refractivity contribution in [3.05, 3.63) is 27.4 Å². The minimum absolute atomic E-state index is 0.0203. The van der Waals surface area contributed by atoms with Gasteiger partial charge in [-0.3, -0.25) is 13.6 Å². The molecule has 0 radical (unpaired) electrons. The van der Waals surface area contributed by atoms with Gasteiger partial charge < -0.3 is 5.11 Å². The van der Waals surface area contributed by atoms with Crippen molar-refractivity contribution < 1.29 is 14.1 Å². The molecule has 1 N–H and O–H groups in total. The molecule has 21 heavy (non-hydrogen) atoms. The van der Waals surface area contributed by atoms with Gasteiger partial charge in [-0.15, -0.1) is 0 Å². The minimum atomic E-state index is -0.861. The van der Waals surface area contributed by atoms with Gasteiger partial charge in [0, 0.05) is 46.2 Å². The Bertz CT molecular complexity index is 629. The average Bonchev–Trinajstić information content (AvgIpc) is 2.40. The number of nitrogens with zero attached hydrogens (tertiary/aromatic N) is 2. The lowest BCUT2D eigenvalue weighted by atomic mass is 10.0. The van der Waals surface area contributed by atoms with Gasteiger partial charge in [0.25, 0.3) is 0 Å². The smallest absolute Gasteiger partial charge is 0.348 e. The maximum absolute atomic E-state index is 12.2. The maximum Gasteiger partial charge on any atom is 0.348 e. The topological polar surface area (TPSA) is 89.3 Å². The molecular formula is C14H20N2O4S. The number of carboxylic acid groups (broad SMARTS) is 1. The van der Waals surface area contributed by atoms with Crippen LogP contribution < -0.4 is 5.69 Å². The first-order chi connectivity index (χ1) is 9.90. The van der Waals surface area contributed by atoms with Crippen molar-refractivity contribution in [2.24, 2.45) is 0 Å². The van der Waals surface area contributed by atoms with Crippen molar-refractivity contribution in [3.63, 3.8) is 0 Å². The summed E-state index contributed by atoms with van der Waals surface area (Å²) in [6.45, 7) is 3.59. The molecule has 116 valence electrons. The number of carboxylic acids is 1. The van der Waals surface area contributed by atoms with E-state index in [0.29, 0.717) is 36.5 Å². The summed E-state index contributed by atoms with van der Waals surface area (Å²) in [5, 5.41) is 8.84. The summed E-state index contributed by atoms with van der Waals surface area (Å²) in [5.41, 5.74) is 1.95. The molecular weight excluding hydrogens is 292 g/mol. The second kappa shape index (κ2) is 6.51. The number of hydrogen-bond acceptors (Lipinski definition) is 4. The summed E-state index contributed by atoms with van der Waals surface area (Å²) in [4.78, 5) is 27.0. The van der Waals surface area contributed by atoms with E-state index in [9.17, 15) is 13.8 Å². The van der Waals surface area contributed by atoms with Crippen LogP contribution in [0.3, 0.4) is 0 Å². The summed E-state index contributed by atoms with van der Waals surface area (Å²) in [5.74, 6) is 0.351. The van der Waals surface area contributed by atoms with Crippen molar-refractivity contribution in [3.8, 4) is 0 Å². The Morgan fingerprint density at radius 1 is 1.38 bits per heavy atom. The third-order valence-corrected chi connectivity index (χ3v) is 5.40. The number of aryl methyl sites for hydroxylation is 1. The summed E-state index contributed by atoms with van der Waals surface area (Å²) in [6, 6.07) is 0.0203. The molecule has 2 heterocycles. The first-order valence-corrected chi connectivity index (χ1v) is 8.54. The number of aliphatic carboxylic acids is 1. The van der Waals surface area contributed by atoms with E-state index in [1.807, 2.05) is 6.92 Å². The minimum Gasteiger partial charge on any atom is -0.481 e.